The minimum absolute atomic E-state index is 0.178. The summed E-state index contributed by atoms with van der Waals surface area (Å²) >= 11 is 6.04. The number of hydrogen-bond acceptors (Lipinski definition) is 5. The van der Waals surface area contributed by atoms with E-state index in [-0.39, 0.29) is 4.90 Å². The fraction of sp³-hybridized carbons (Fsp3) is 0.684. The van der Waals surface area contributed by atoms with E-state index in [2.05, 4.69) is 0 Å². The standard InChI is InChI=1S/C19H29ClN2O4S/c1-25-17-3-4-18(26-2)19(14-17)27(23,24)22-11-7-16(8-12-22)13-15-5-9-21(20)10-6-15/h3-4,14-16H,5-13H2,1-2H3. The third kappa shape index (κ3) is 4.88. The minimum Gasteiger partial charge on any atom is -0.497 e. The molecule has 0 unspecified atom stereocenters. The van der Waals surface area contributed by atoms with Crippen molar-refractivity contribution < 1.29 is 17.9 Å². The lowest BCUT2D eigenvalue weighted by atomic mass is 9.83. The van der Waals surface area contributed by atoms with E-state index in [1.165, 1.54) is 20.6 Å². The van der Waals surface area contributed by atoms with Crippen molar-refractivity contribution in [1.82, 2.24) is 8.72 Å². The summed E-state index contributed by atoms with van der Waals surface area (Å²) in [5.74, 6) is 2.17. The lowest BCUT2D eigenvalue weighted by molar-refractivity contribution is 0.197. The SMILES string of the molecule is COc1ccc(OC)c(S(=O)(=O)N2CCC(CC3CCN(Cl)CC3)CC2)c1. The zero-order chi connectivity index (χ0) is 19.4. The fourth-order valence-corrected chi connectivity index (χ4v) is 5.95. The molecule has 1 aromatic rings. The number of rotatable bonds is 6. The van der Waals surface area contributed by atoms with E-state index >= 15 is 0 Å². The average Bonchev–Trinajstić information content (AvgIpc) is 2.69. The van der Waals surface area contributed by atoms with Crippen LogP contribution in [0.4, 0.5) is 0 Å². The topological polar surface area (TPSA) is 59.1 Å². The van der Waals surface area contributed by atoms with Crippen LogP contribution in [0.25, 0.3) is 0 Å². The monoisotopic (exact) mass is 416 g/mol. The van der Waals surface area contributed by atoms with Gasteiger partial charge in [-0.05, 0) is 67.8 Å². The summed E-state index contributed by atoms with van der Waals surface area (Å²) in [4.78, 5) is 0.178. The summed E-state index contributed by atoms with van der Waals surface area (Å²) in [6, 6.07) is 4.89. The minimum atomic E-state index is -3.60. The summed E-state index contributed by atoms with van der Waals surface area (Å²) in [7, 11) is -0.585. The molecule has 3 rings (SSSR count). The van der Waals surface area contributed by atoms with Crippen LogP contribution in [-0.2, 0) is 10.0 Å². The largest absolute Gasteiger partial charge is 0.497 e. The van der Waals surface area contributed by atoms with Gasteiger partial charge >= 0.3 is 0 Å². The molecule has 0 radical (unpaired) electrons. The van der Waals surface area contributed by atoms with Crippen LogP contribution in [-0.4, -0.2) is 57.5 Å². The molecule has 8 heteroatoms. The molecule has 1 aromatic carbocycles. The van der Waals surface area contributed by atoms with Gasteiger partial charge in [0.25, 0.3) is 0 Å². The highest BCUT2D eigenvalue weighted by molar-refractivity contribution is 7.89. The molecule has 0 amide bonds. The van der Waals surface area contributed by atoms with Gasteiger partial charge in [-0.1, -0.05) is 0 Å². The third-order valence-corrected chi connectivity index (χ3v) is 8.05. The molecule has 27 heavy (non-hydrogen) atoms. The maximum Gasteiger partial charge on any atom is 0.246 e. The number of piperidine rings is 2. The molecule has 2 saturated heterocycles. The summed E-state index contributed by atoms with van der Waals surface area (Å²) in [5, 5.41) is 0. The van der Waals surface area contributed by atoms with Gasteiger partial charge in [0.05, 0.1) is 14.2 Å². The zero-order valence-electron chi connectivity index (χ0n) is 16.1. The van der Waals surface area contributed by atoms with E-state index in [1.54, 1.807) is 22.5 Å². The second-order valence-corrected chi connectivity index (χ2v) is 9.84. The van der Waals surface area contributed by atoms with Crippen molar-refractivity contribution in [1.29, 1.82) is 0 Å². The molecule has 152 valence electrons. The number of hydrogen-bond donors (Lipinski definition) is 0. The Morgan fingerprint density at radius 3 is 2.15 bits per heavy atom. The van der Waals surface area contributed by atoms with Crippen LogP contribution in [0.1, 0.15) is 32.1 Å². The lowest BCUT2D eigenvalue weighted by Gasteiger charge is -2.35. The number of ether oxygens (including phenoxy) is 2. The van der Waals surface area contributed by atoms with Crippen molar-refractivity contribution in [2.75, 3.05) is 40.4 Å². The van der Waals surface area contributed by atoms with Gasteiger partial charge in [0.1, 0.15) is 16.4 Å². The van der Waals surface area contributed by atoms with E-state index in [1.807, 2.05) is 4.42 Å². The first-order valence-corrected chi connectivity index (χ1v) is 11.3. The molecule has 0 N–H and O–H groups in total. The van der Waals surface area contributed by atoms with Crippen molar-refractivity contribution >= 4 is 21.8 Å². The molecule has 2 fully saturated rings. The third-order valence-electron chi connectivity index (χ3n) is 5.79. The molecular formula is C19H29ClN2O4S. The van der Waals surface area contributed by atoms with E-state index in [0.29, 0.717) is 36.4 Å². The highest BCUT2D eigenvalue weighted by Gasteiger charge is 2.33. The van der Waals surface area contributed by atoms with Crippen molar-refractivity contribution in [3.63, 3.8) is 0 Å². The molecule has 6 nitrogen and oxygen atoms in total. The van der Waals surface area contributed by atoms with Crippen molar-refractivity contribution in [2.45, 2.75) is 37.0 Å². The molecule has 0 aromatic heterocycles. The van der Waals surface area contributed by atoms with E-state index in [0.717, 1.165) is 38.8 Å². The number of methoxy groups -OCH3 is 2. The Morgan fingerprint density at radius 1 is 1.00 bits per heavy atom. The van der Waals surface area contributed by atoms with Crippen molar-refractivity contribution in [3.8, 4) is 11.5 Å². The lowest BCUT2D eigenvalue weighted by Crippen LogP contribution is -2.39. The number of halogens is 1. The van der Waals surface area contributed by atoms with E-state index < -0.39 is 10.0 Å². The van der Waals surface area contributed by atoms with Crippen LogP contribution in [0, 0.1) is 11.8 Å². The highest BCUT2D eigenvalue weighted by atomic mass is 35.5. The Balaban J connectivity index is 1.63. The predicted octanol–water partition coefficient (Wildman–Crippen LogP) is 3.36. The molecule has 0 atom stereocenters. The molecule has 2 aliphatic heterocycles. The molecular weight excluding hydrogens is 388 g/mol. The predicted molar refractivity (Wildman–Crippen MR) is 106 cm³/mol. The number of benzene rings is 1. The summed E-state index contributed by atoms with van der Waals surface area (Å²) < 4.78 is 40.2. The molecule has 0 saturated carbocycles. The van der Waals surface area contributed by atoms with Gasteiger partial charge in [0, 0.05) is 32.2 Å². The molecule has 2 aliphatic rings. The normalized spacial score (nSPS) is 21.3. The maximum atomic E-state index is 13.1. The molecule has 0 aliphatic carbocycles. The maximum absolute atomic E-state index is 13.1. The highest BCUT2D eigenvalue weighted by Crippen LogP contribution is 2.35. The zero-order valence-corrected chi connectivity index (χ0v) is 17.6. The first kappa shape index (κ1) is 20.7. The fourth-order valence-electron chi connectivity index (χ4n) is 4.12. The van der Waals surface area contributed by atoms with Gasteiger partial charge in [-0.15, -0.1) is 0 Å². The van der Waals surface area contributed by atoms with Gasteiger partial charge in [0.15, 0.2) is 0 Å². The Bertz CT molecular complexity index is 727. The van der Waals surface area contributed by atoms with Crippen LogP contribution in [0.5, 0.6) is 11.5 Å². The van der Waals surface area contributed by atoms with Crippen LogP contribution in [0.2, 0.25) is 0 Å². The van der Waals surface area contributed by atoms with Gasteiger partial charge in [-0.2, -0.15) is 4.31 Å². The molecule has 0 spiro atoms. The Morgan fingerprint density at radius 2 is 1.59 bits per heavy atom. The van der Waals surface area contributed by atoms with Crippen LogP contribution in [0.3, 0.4) is 0 Å². The van der Waals surface area contributed by atoms with Gasteiger partial charge in [0.2, 0.25) is 10.0 Å². The number of sulfonamides is 1. The second kappa shape index (κ2) is 8.99. The summed E-state index contributed by atoms with van der Waals surface area (Å²) in [5.41, 5.74) is 0. The quantitative estimate of drug-likeness (QED) is 0.665. The van der Waals surface area contributed by atoms with Crippen LogP contribution >= 0.6 is 11.8 Å². The van der Waals surface area contributed by atoms with Gasteiger partial charge in [-0.25, -0.2) is 12.8 Å². The smallest absolute Gasteiger partial charge is 0.246 e. The first-order chi connectivity index (χ1) is 12.9. The van der Waals surface area contributed by atoms with Crippen molar-refractivity contribution in [3.05, 3.63) is 18.2 Å². The van der Waals surface area contributed by atoms with Gasteiger partial charge < -0.3 is 9.47 Å². The molecule has 2 heterocycles. The number of nitrogens with zero attached hydrogens (tertiary/aromatic N) is 2. The Labute approximate surface area is 167 Å². The second-order valence-electron chi connectivity index (χ2n) is 7.45. The molecule has 0 bridgehead atoms. The Kier molecular flexibility index (Phi) is 6.89. The first-order valence-electron chi connectivity index (χ1n) is 9.57. The Hall–Kier alpha value is -1.02. The van der Waals surface area contributed by atoms with Crippen LogP contribution in [0.15, 0.2) is 23.1 Å². The van der Waals surface area contributed by atoms with Crippen molar-refractivity contribution in [2.24, 2.45) is 11.8 Å². The van der Waals surface area contributed by atoms with Gasteiger partial charge in [-0.3, -0.25) is 0 Å². The summed E-state index contributed by atoms with van der Waals surface area (Å²) in [6.07, 6.45) is 5.28. The average molecular weight is 417 g/mol. The van der Waals surface area contributed by atoms with E-state index in [4.69, 9.17) is 21.3 Å². The van der Waals surface area contributed by atoms with Crippen LogP contribution < -0.4 is 9.47 Å². The summed E-state index contributed by atoms with van der Waals surface area (Å²) in [6.45, 7) is 3.02. The van der Waals surface area contributed by atoms with E-state index in [9.17, 15) is 8.42 Å².